The molecule has 3 aromatic carbocycles. The van der Waals surface area contributed by atoms with E-state index in [9.17, 15) is 9.59 Å². The molecule has 0 aliphatic rings. The van der Waals surface area contributed by atoms with Crippen molar-refractivity contribution in [1.29, 1.82) is 0 Å². The number of halogens is 2. The molecule has 0 saturated heterocycles. The van der Waals surface area contributed by atoms with Crippen molar-refractivity contribution in [3.05, 3.63) is 94.0 Å². The molecule has 0 aliphatic heterocycles. The molecule has 0 bridgehead atoms. The summed E-state index contributed by atoms with van der Waals surface area (Å²) in [7, 11) is 0. The Morgan fingerprint density at radius 1 is 0.967 bits per heavy atom. The fraction of sp³-hybridized carbons (Fsp3) is 0.130. The first-order valence-corrected chi connectivity index (χ1v) is 10.0. The van der Waals surface area contributed by atoms with Crippen LogP contribution in [0.15, 0.2) is 72.8 Å². The van der Waals surface area contributed by atoms with Crippen molar-refractivity contribution in [3.63, 3.8) is 0 Å². The van der Waals surface area contributed by atoms with Gasteiger partial charge in [0.15, 0.2) is 6.10 Å². The van der Waals surface area contributed by atoms with Crippen LogP contribution in [0, 0.1) is 0 Å². The van der Waals surface area contributed by atoms with E-state index in [1.807, 2.05) is 30.3 Å². The quantitative estimate of drug-likeness (QED) is 0.519. The second kappa shape index (κ2) is 10.1. The molecule has 0 radical (unpaired) electrons. The Bertz CT molecular complexity index is 1040. The summed E-state index contributed by atoms with van der Waals surface area (Å²) in [6.45, 7) is 2.03. The van der Waals surface area contributed by atoms with Gasteiger partial charge in [0.2, 0.25) is 0 Å². The predicted molar refractivity (Wildman–Crippen MR) is 119 cm³/mol. The third-order valence-electron chi connectivity index (χ3n) is 4.26. The molecule has 1 unspecified atom stereocenters. The number of anilines is 1. The third-order valence-corrected chi connectivity index (χ3v) is 4.79. The van der Waals surface area contributed by atoms with E-state index in [1.165, 1.54) is 0 Å². The molecule has 0 heterocycles. The first-order valence-electron chi connectivity index (χ1n) is 9.27. The normalized spacial score (nSPS) is 11.4. The number of hydrogen-bond acceptors (Lipinski definition) is 3. The maximum absolute atomic E-state index is 12.5. The predicted octanol–water partition coefficient (Wildman–Crippen LogP) is 5.33. The number of benzene rings is 3. The minimum Gasteiger partial charge on any atom is -0.479 e. The van der Waals surface area contributed by atoms with E-state index in [1.54, 1.807) is 49.4 Å². The van der Waals surface area contributed by atoms with Crippen molar-refractivity contribution in [2.45, 2.75) is 19.6 Å². The lowest BCUT2D eigenvalue weighted by atomic mass is 10.1. The molecule has 0 aliphatic carbocycles. The molecule has 0 spiro atoms. The Kier molecular flexibility index (Phi) is 7.33. The molecular weight excluding hydrogens is 423 g/mol. The number of amides is 2. The SMILES string of the molecule is CC(Oc1ccc(Cl)cc1Cl)C(=O)Nc1cccc(C(=O)NCc2ccccc2)c1. The van der Waals surface area contributed by atoms with Gasteiger partial charge in [0.25, 0.3) is 11.8 Å². The fourth-order valence-corrected chi connectivity index (χ4v) is 3.13. The lowest BCUT2D eigenvalue weighted by Gasteiger charge is -2.16. The van der Waals surface area contributed by atoms with Crippen molar-refractivity contribution in [2.24, 2.45) is 0 Å². The molecular formula is C23H20Cl2N2O3. The highest BCUT2D eigenvalue weighted by Crippen LogP contribution is 2.28. The summed E-state index contributed by atoms with van der Waals surface area (Å²) in [5.41, 5.74) is 1.94. The van der Waals surface area contributed by atoms with Crippen LogP contribution < -0.4 is 15.4 Å². The molecule has 154 valence electrons. The number of rotatable bonds is 7. The minimum absolute atomic E-state index is 0.229. The highest BCUT2D eigenvalue weighted by atomic mass is 35.5. The van der Waals surface area contributed by atoms with Gasteiger partial charge >= 0.3 is 0 Å². The Hall–Kier alpha value is -3.02. The molecule has 0 fully saturated rings. The van der Waals surface area contributed by atoms with Crippen LogP contribution in [-0.2, 0) is 11.3 Å². The smallest absolute Gasteiger partial charge is 0.265 e. The number of nitrogens with one attached hydrogen (secondary N) is 2. The van der Waals surface area contributed by atoms with E-state index >= 15 is 0 Å². The summed E-state index contributed by atoms with van der Waals surface area (Å²) in [6.07, 6.45) is -0.806. The summed E-state index contributed by atoms with van der Waals surface area (Å²) in [4.78, 5) is 24.9. The van der Waals surface area contributed by atoms with Crippen LogP contribution in [0.2, 0.25) is 10.0 Å². The van der Waals surface area contributed by atoms with E-state index < -0.39 is 6.10 Å². The Balaban J connectivity index is 1.59. The zero-order valence-corrected chi connectivity index (χ0v) is 17.7. The van der Waals surface area contributed by atoms with E-state index in [0.717, 1.165) is 5.56 Å². The number of carbonyl (C=O) groups excluding carboxylic acids is 2. The number of ether oxygens (including phenoxy) is 1. The Morgan fingerprint density at radius 2 is 1.73 bits per heavy atom. The largest absolute Gasteiger partial charge is 0.479 e. The molecule has 3 rings (SSSR count). The Morgan fingerprint density at radius 3 is 2.47 bits per heavy atom. The van der Waals surface area contributed by atoms with Gasteiger partial charge in [0.1, 0.15) is 5.75 Å². The second-order valence-corrected chi connectivity index (χ2v) is 7.42. The maximum Gasteiger partial charge on any atom is 0.265 e. The Labute approximate surface area is 185 Å². The average molecular weight is 443 g/mol. The zero-order valence-electron chi connectivity index (χ0n) is 16.2. The van der Waals surface area contributed by atoms with E-state index in [-0.39, 0.29) is 11.8 Å². The van der Waals surface area contributed by atoms with Gasteiger partial charge in [-0.2, -0.15) is 0 Å². The van der Waals surface area contributed by atoms with Gasteiger partial charge < -0.3 is 15.4 Å². The van der Waals surface area contributed by atoms with Crippen LogP contribution in [0.1, 0.15) is 22.8 Å². The van der Waals surface area contributed by atoms with E-state index in [4.69, 9.17) is 27.9 Å². The summed E-state index contributed by atoms with van der Waals surface area (Å²) >= 11 is 12.0. The topological polar surface area (TPSA) is 67.4 Å². The molecule has 1 atom stereocenters. The van der Waals surface area contributed by atoms with E-state index in [2.05, 4.69) is 10.6 Å². The summed E-state index contributed by atoms with van der Waals surface area (Å²) in [5, 5.41) is 6.41. The molecule has 30 heavy (non-hydrogen) atoms. The molecule has 2 amide bonds. The number of hydrogen-bond donors (Lipinski definition) is 2. The van der Waals surface area contributed by atoms with Crippen LogP contribution in [0.5, 0.6) is 5.75 Å². The van der Waals surface area contributed by atoms with Gasteiger partial charge in [0.05, 0.1) is 5.02 Å². The van der Waals surface area contributed by atoms with Gasteiger partial charge in [0, 0.05) is 22.8 Å². The maximum atomic E-state index is 12.5. The first kappa shape index (κ1) is 21.7. The monoisotopic (exact) mass is 442 g/mol. The number of carbonyl (C=O) groups is 2. The van der Waals surface area contributed by atoms with Crippen molar-refractivity contribution in [1.82, 2.24) is 5.32 Å². The molecule has 0 aromatic heterocycles. The summed E-state index contributed by atoms with van der Waals surface area (Å²) in [6, 6.07) is 21.1. The third kappa shape index (κ3) is 5.99. The molecule has 2 N–H and O–H groups in total. The lowest BCUT2D eigenvalue weighted by molar-refractivity contribution is -0.122. The van der Waals surface area contributed by atoms with Crippen LogP contribution in [0.3, 0.4) is 0 Å². The van der Waals surface area contributed by atoms with Gasteiger partial charge in [-0.15, -0.1) is 0 Å². The molecule has 0 saturated carbocycles. The minimum atomic E-state index is -0.806. The van der Waals surface area contributed by atoms with Crippen LogP contribution in [0.25, 0.3) is 0 Å². The van der Waals surface area contributed by atoms with Gasteiger partial charge in [-0.1, -0.05) is 59.6 Å². The second-order valence-electron chi connectivity index (χ2n) is 6.57. The summed E-state index contributed by atoms with van der Waals surface area (Å²) < 4.78 is 5.62. The van der Waals surface area contributed by atoms with Crippen LogP contribution in [0.4, 0.5) is 5.69 Å². The zero-order chi connectivity index (χ0) is 21.5. The molecule has 7 heteroatoms. The van der Waals surface area contributed by atoms with Crippen LogP contribution >= 0.6 is 23.2 Å². The highest BCUT2D eigenvalue weighted by molar-refractivity contribution is 6.35. The fourth-order valence-electron chi connectivity index (χ4n) is 2.68. The highest BCUT2D eigenvalue weighted by Gasteiger charge is 2.17. The first-order chi connectivity index (χ1) is 14.4. The van der Waals surface area contributed by atoms with Crippen molar-refractivity contribution in [3.8, 4) is 5.75 Å². The van der Waals surface area contributed by atoms with Gasteiger partial charge in [-0.25, -0.2) is 0 Å². The standard InChI is InChI=1S/C23H20Cl2N2O3/c1-15(30-21-11-10-18(24)13-20(21)25)22(28)27-19-9-5-8-17(12-19)23(29)26-14-16-6-3-2-4-7-16/h2-13,15H,14H2,1H3,(H,26,29)(H,27,28). The summed E-state index contributed by atoms with van der Waals surface area (Å²) in [5.74, 6) is -0.243. The molecule has 5 nitrogen and oxygen atoms in total. The molecule has 3 aromatic rings. The lowest BCUT2D eigenvalue weighted by Crippen LogP contribution is -2.30. The van der Waals surface area contributed by atoms with Crippen molar-refractivity contribution < 1.29 is 14.3 Å². The van der Waals surface area contributed by atoms with E-state index in [0.29, 0.717) is 33.6 Å². The van der Waals surface area contributed by atoms with Crippen molar-refractivity contribution in [2.75, 3.05) is 5.32 Å². The van der Waals surface area contributed by atoms with Crippen molar-refractivity contribution >= 4 is 40.7 Å². The van der Waals surface area contributed by atoms with Gasteiger partial charge in [-0.05, 0) is 48.9 Å². The average Bonchev–Trinajstić information content (AvgIpc) is 2.74. The van der Waals surface area contributed by atoms with Crippen LogP contribution in [-0.4, -0.2) is 17.9 Å². The van der Waals surface area contributed by atoms with Gasteiger partial charge in [-0.3, -0.25) is 9.59 Å².